The zero-order chi connectivity index (χ0) is 15.2. The zero-order valence-electron chi connectivity index (χ0n) is 14.6. The summed E-state index contributed by atoms with van der Waals surface area (Å²) < 4.78 is 0. The molecule has 0 rings (SSSR count). The molecule has 0 aliphatic carbocycles. The van der Waals surface area contributed by atoms with Crippen molar-refractivity contribution < 1.29 is 0 Å². The Labute approximate surface area is 130 Å². The summed E-state index contributed by atoms with van der Waals surface area (Å²) in [6.07, 6.45) is 20.6. The average molecular weight is 291 g/mol. The first-order valence-corrected chi connectivity index (χ1v) is 9.76. The zero-order valence-corrected chi connectivity index (χ0v) is 15.5. The van der Waals surface area contributed by atoms with Gasteiger partial charge < -0.3 is 0 Å². The molecule has 0 spiro atoms. The van der Waals surface area contributed by atoms with Crippen molar-refractivity contribution in [2.75, 3.05) is 6.26 Å². The summed E-state index contributed by atoms with van der Waals surface area (Å²) in [5.74, 6) is 0. The SMILES string of the molecule is CC.CCCCCCCCCCCCCCC.CS. The first-order chi connectivity index (χ1) is 9.41. The topological polar surface area (TPSA) is 0 Å². The molecule has 0 aromatic heterocycles. The largest absolute Gasteiger partial charge is 0.183 e. The molecule has 0 saturated heterocycles. The molecule has 0 saturated carbocycles. The molecule has 1 heteroatoms. The molecule has 0 N–H and O–H groups in total. The molecule has 0 unspecified atom stereocenters. The number of rotatable bonds is 12. The van der Waals surface area contributed by atoms with Crippen LogP contribution in [0.5, 0.6) is 0 Å². The predicted octanol–water partition coefficient (Wildman–Crippen LogP) is 7.67. The molecular formula is C18H42S. The van der Waals surface area contributed by atoms with Gasteiger partial charge in [-0.2, -0.15) is 12.6 Å². The molecule has 0 aromatic rings. The van der Waals surface area contributed by atoms with Crippen LogP contribution >= 0.6 is 12.6 Å². The second kappa shape index (κ2) is 31.0. The van der Waals surface area contributed by atoms with Gasteiger partial charge in [0.2, 0.25) is 0 Å². The van der Waals surface area contributed by atoms with Crippen LogP contribution in [0.1, 0.15) is 111 Å². The van der Waals surface area contributed by atoms with Crippen molar-refractivity contribution in [2.45, 2.75) is 111 Å². The van der Waals surface area contributed by atoms with E-state index in [-0.39, 0.29) is 0 Å². The van der Waals surface area contributed by atoms with Crippen molar-refractivity contribution in [2.24, 2.45) is 0 Å². The first-order valence-electron chi connectivity index (χ1n) is 8.86. The lowest BCUT2D eigenvalue weighted by molar-refractivity contribution is 0.542. The monoisotopic (exact) mass is 290 g/mol. The fourth-order valence-corrected chi connectivity index (χ4v) is 2.09. The smallest absolute Gasteiger partial charge is 0.0215 e. The van der Waals surface area contributed by atoms with E-state index in [9.17, 15) is 0 Å². The van der Waals surface area contributed by atoms with Crippen LogP contribution in [-0.4, -0.2) is 6.26 Å². The fraction of sp³-hybridized carbons (Fsp3) is 1.00. The van der Waals surface area contributed by atoms with Crippen molar-refractivity contribution in [3.63, 3.8) is 0 Å². The lowest BCUT2D eigenvalue weighted by atomic mass is 10.1. The third-order valence-corrected chi connectivity index (χ3v) is 3.21. The molecular weight excluding hydrogens is 248 g/mol. The Balaban J connectivity index is -0.000000579. The minimum Gasteiger partial charge on any atom is -0.183 e. The molecule has 0 nitrogen and oxygen atoms in total. The Kier molecular flexibility index (Phi) is 39.8. The van der Waals surface area contributed by atoms with E-state index in [1.54, 1.807) is 6.26 Å². The van der Waals surface area contributed by atoms with Gasteiger partial charge in [0.05, 0.1) is 0 Å². The predicted molar refractivity (Wildman–Crippen MR) is 97.6 cm³/mol. The minimum atomic E-state index is 1.37. The van der Waals surface area contributed by atoms with Crippen molar-refractivity contribution >= 4 is 12.6 Å². The summed E-state index contributed by atoms with van der Waals surface area (Å²) in [7, 11) is 0. The summed E-state index contributed by atoms with van der Waals surface area (Å²) in [4.78, 5) is 0. The standard InChI is InChI=1S/C15H32.C2H6.CH4S/c1-3-5-7-9-11-13-15-14-12-10-8-6-4-2;2*1-2/h3-15H2,1-2H3;1-2H3;2H,1H3. The van der Waals surface area contributed by atoms with Crippen LogP contribution in [0.3, 0.4) is 0 Å². The Morgan fingerprint density at radius 1 is 0.421 bits per heavy atom. The highest BCUT2D eigenvalue weighted by atomic mass is 32.1. The van der Waals surface area contributed by atoms with Crippen molar-refractivity contribution in [3.8, 4) is 0 Å². The molecule has 0 atom stereocenters. The lowest BCUT2D eigenvalue weighted by Crippen LogP contribution is -1.82. The number of unbranched alkanes of at least 4 members (excludes halogenated alkanes) is 12. The molecule has 120 valence electrons. The van der Waals surface area contributed by atoms with Gasteiger partial charge in [0, 0.05) is 0 Å². The van der Waals surface area contributed by atoms with Crippen LogP contribution in [0, 0.1) is 0 Å². The molecule has 0 aliphatic heterocycles. The normalized spacial score (nSPS) is 9.16. The number of thiol groups is 1. The van der Waals surface area contributed by atoms with E-state index in [4.69, 9.17) is 0 Å². The summed E-state index contributed by atoms with van der Waals surface area (Å²) in [5, 5.41) is 0. The van der Waals surface area contributed by atoms with Gasteiger partial charge in [0.1, 0.15) is 0 Å². The highest BCUT2D eigenvalue weighted by Gasteiger charge is 1.92. The molecule has 0 aliphatic rings. The van der Waals surface area contributed by atoms with E-state index in [2.05, 4.69) is 26.5 Å². The summed E-state index contributed by atoms with van der Waals surface area (Å²) >= 11 is 3.53. The van der Waals surface area contributed by atoms with E-state index in [1.165, 1.54) is 83.5 Å². The van der Waals surface area contributed by atoms with E-state index < -0.39 is 0 Å². The Morgan fingerprint density at radius 3 is 0.737 bits per heavy atom. The molecule has 0 amide bonds. The van der Waals surface area contributed by atoms with Crippen molar-refractivity contribution in [1.82, 2.24) is 0 Å². The van der Waals surface area contributed by atoms with Crippen LogP contribution in [0.2, 0.25) is 0 Å². The maximum absolute atomic E-state index is 3.53. The molecule has 0 fully saturated rings. The third kappa shape index (κ3) is 32.2. The first kappa shape index (κ1) is 24.4. The summed E-state index contributed by atoms with van der Waals surface area (Å²) in [6, 6.07) is 0. The van der Waals surface area contributed by atoms with Gasteiger partial charge in [0.25, 0.3) is 0 Å². The van der Waals surface area contributed by atoms with Gasteiger partial charge in [0.15, 0.2) is 0 Å². The number of hydrogen-bond acceptors (Lipinski definition) is 1. The molecule has 0 aromatic carbocycles. The average Bonchev–Trinajstić information content (AvgIpc) is 2.49. The second-order valence-corrected chi connectivity index (χ2v) is 4.89. The van der Waals surface area contributed by atoms with Crippen LogP contribution in [0.25, 0.3) is 0 Å². The van der Waals surface area contributed by atoms with Crippen molar-refractivity contribution in [3.05, 3.63) is 0 Å². The van der Waals surface area contributed by atoms with Gasteiger partial charge >= 0.3 is 0 Å². The Bertz CT molecular complexity index is 89.9. The van der Waals surface area contributed by atoms with Crippen LogP contribution in [-0.2, 0) is 0 Å². The molecule has 0 radical (unpaired) electrons. The van der Waals surface area contributed by atoms with Crippen molar-refractivity contribution in [1.29, 1.82) is 0 Å². The highest BCUT2D eigenvalue weighted by molar-refractivity contribution is 7.79. The highest BCUT2D eigenvalue weighted by Crippen LogP contribution is 2.12. The van der Waals surface area contributed by atoms with Gasteiger partial charge in [-0.1, -0.05) is 111 Å². The molecule has 0 bridgehead atoms. The van der Waals surface area contributed by atoms with Crippen LogP contribution in [0.15, 0.2) is 0 Å². The quantitative estimate of drug-likeness (QED) is 0.276. The molecule has 0 heterocycles. The summed E-state index contributed by atoms with van der Waals surface area (Å²) in [6.45, 7) is 8.58. The van der Waals surface area contributed by atoms with E-state index in [1.807, 2.05) is 13.8 Å². The van der Waals surface area contributed by atoms with Gasteiger partial charge in [-0.3, -0.25) is 0 Å². The van der Waals surface area contributed by atoms with E-state index in [0.717, 1.165) is 0 Å². The van der Waals surface area contributed by atoms with Gasteiger partial charge in [-0.25, -0.2) is 0 Å². The Morgan fingerprint density at radius 2 is 0.579 bits per heavy atom. The Hall–Kier alpha value is 0.350. The third-order valence-electron chi connectivity index (χ3n) is 3.21. The maximum atomic E-state index is 3.53. The maximum Gasteiger partial charge on any atom is -0.0215 e. The molecule has 19 heavy (non-hydrogen) atoms. The van der Waals surface area contributed by atoms with Gasteiger partial charge in [-0.05, 0) is 6.26 Å². The lowest BCUT2D eigenvalue weighted by Gasteiger charge is -2.01. The fourth-order valence-electron chi connectivity index (χ4n) is 2.09. The second-order valence-electron chi connectivity index (χ2n) is 4.89. The minimum absolute atomic E-state index is 1.37. The number of hydrogen-bond donors (Lipinski definition) is 1. The summed E-state index contributed by atoms with van der Waals surface area (Å²) in [5.41, 5.74) is 0. The van der Waals surface area contributed by atoms with Gasteiger partial charge in [-0.15, -0.1) is 0 Å². The van der Waals surface area contributed by atoms with E-state index >= 15 is 0 Å². The van der Waals surface area contributed by atoms with Crippen LogP contribution < -0.4 is 0 Å². The van der Waals surface area contributed by atoms with E-state index in [0.29, 0.717) is 0 Å². The van der Waals surface area contributed by atoms with Crippen LogP contribution in [0.4, 0.5) is 0 Å².